The molecule has 5 nitrogen and oxygen atoms in total. The minimum absolute atomic E-state index is 0.0585. The molecule has 1 fully saturated rings. The Morgan fingerprint density at radius 2 is 1.81 bits per heavy atom. The second-order valence-corrected chi connectivity index (χ2v) is 6.94. The van der Waals surface area contributed by atoms with Crippen molar-refractivity contribution in [3.8, 4) is 0 Å². The molecule has 2 heterocycles. The SMILES string of the molecule is CCC1CN(c2ccccc2)CCN1C(=O)c1cc(=O)[nH]c2ccccc12. The third-order valence-electron chi connectivity index (χ3n) is 5.32. The van der Waals surface area contributed by atoms with E-state index in [1.165, 1.54) is 11.8 Å². The van der Waals surface area contributed by atoms with Gasteiger partial charge < -0.3 is 14.8 Å². The third kappa shape index (κ3) is 3.33. The fraction of sp³-hybridized carbons (Fsp3) is 0.273. The van der Waals surface area contributed by atoms with E-state index >= 15 is 0 Å². The molecule has 1 amide bonds. The number of nitrogens with one attached hydrogen (secondary N) is 1. The Morgan fingerprint density at radius 1 is 1.07 bits per heavy atom. The first-order chi connectivity index (χ1) is 13.2. The second-order valence-electron chi connectivity index (χ2n) is 6.94. The van der Waals surface area contributed by atoms with Crippen LogP contribution in [0, 0.1) is 0 Å². The summed E-state index contributed by atoms with van der Waals surface area (Å²) < 4.78 is 0. The van der Waals surface area contributed by atoms with Crippen LogP contribution in [0.15, 0.2) is 65.5 Å². The molecular weight excluding hydrogens is 338 g/mol. The number of amides is 1. The molecule has 1 aliphatic heterocycles. The van der Waals surface area contributed by atoms with Gasteiger partial charge >= 0.3 is 0 Å². The maximum absolute atomic E-state index is 13.3. The fourth-order valence-corrected chi connectivity index (χ4v) is 3.88. The Labute approximate surface area is 158 Å². The van der Waals surface area contributed by atoms with Gasteiger partial charge in [0.05, 0.1) is 5.56 Å². The lowest BCUT2D eigenvalue weighted by Crippen LogP contribution is -2.55. The van der Waals surface area contributed by atoms with Gasteiger partial charge in [-0.1, -0.05) is 43.3 Å². The standard InChI is InChI=1S/C22H23N3O2/c1-2-16-15-24(17-8-4-3-5-9-17)12-13-25(16)22(27)19-14-21(26)23-20-11-7-6-10-18(19)20/h3-11,14,16H,2,12-13,15H2,1H3,(H,23,26). The second kappa shape index (κ2) is 7.27. The summed E-state index contributed by atoms with van der Waals surface area (Å²) in [6.07, 6.45) is 0.871. The lowest BCUT2D eigenvalue weighted by molar-refractivity contribution is 0.0653. The monoisotopic (exact) mass is 361 g/mol. The number of hydrogen-bond donors (Lipinski definition) is 1. The molecule has 0 aliphatic carbocycles. The summed E-state index contributed by atoms with van der Waals surface area (Å²) in [6.45, 7) is 4.34. The van der Waals surface area contributed by atoms with Crippen molar-refractivity contribution in [2.24, 2.45) is 0 Å². The van der Waals surface area contributed by atoms with E-state index in [1.807, 2.05) is 47.4 Å². The Morgan fingerprint density at radius 3 is 2.59 bits per heavy atom. The number of carbonyl (C=O) groups is 1. The van der Waals surface area contributed by atoms with Crippen molar-refractivity contribution in [2.75, 3.05) is 24.5 Å². The number of nitrogens with zero attached hydrogens (tertiary/aromatic N) is 2. The molecule has 4 rings (SSSR count). The van der Waals surface area contributed by atoms with Gasteiger partial charge in [0.15, 0.2) is 0 Å². The van der Waals surface area contributed by atoms with E-state index in [-0.39, 0.29) is 17.5 Å². The summed E-state index contributed by atoms with van der Waals surface area (Å²) in [4.78, 5) is 32.4. The summed E-state index contributed by atoms with van der Waals surface area (Å²) in [7, 11) is 0. The summed E-state index contributed by atoms with van der Waals surface area (Å²) >= 11 is 0. The number of hydrogen-bond acceptors (Lipinski definition) is 3. The van der Waals surface area contributed by atoms with E-state index in [9.17, 15) is 9.59 Å². The van der Waals surface area contributed by atoms with Crippen molar-refractivity contribution in [3.05, 3.63) is 76.6 Å². The molecule has 0 spiro atoms. The highest BCUT2D eigenvalue weighted by Gasteiger charge is 2.31. The van der Waals surface area contributed by atoms with Crippen LogP contribution < -0.4 is 10.5 Å². The molecule has 1 aromatic heterocycles. The Kier molecular flexibility index (Phi) is 4.67. The number of carbonyl (C=O) groups excluding carboxylic acids is 1. The summed E-state index contributed by atoms with van der Waals surface area (Å²) in [6, 6.07) is 19.3. The fourth-order valence-electron chi connectivity index (χ4n) is 3.88. The van der Waals surface area contributed by atoms with E-state index in [4.69, 9.17) is 0 Å². The van der Waals surface area contributed by atoms with Crippen molar-refractivity contribution in [1.29, 1.82) is 0 Å². The molecule has 2 aromatic carbocycles. The summed E-state index contributed by atoms with van der Waals surface area (Å²) in [5.74, 6) is -0.0585. The molecule has 1 aliphatic rings. The first-order valence-electron chi connectivity index (χ1n) is 9.40. The minimum Gasteiger partial charge on any atom is -0.368 e. The number of aromatic amines is 1. The number of H-pyrrole nitrogens is 1. The summed E-state index contributed by atoms with van der Waals surface area (Å²) in [5.41, 5.74) is 2.13. The molecule has 27 heavy (non-hydrogen) atoms. The van der Waals surface area contributed by atoms with E-state index in [0.29, 0.717) is 17.6 Å². The molecule has 1 saturated heterocycles. The Balaban J connectivity index is 1.64. The zero-order chi connectivity index (χ0) is 18.8. The van der Waals surface area contributed by atoms with Gasteiger partial charge in [0, 0.05) is 48.3 Å². The van der Waals surface area contributed by atoms with E-state index in [2.05, 4.69) is 28.9 Å². The van der Waals surface area contributed by atoms with Crippen LogP contribution in [0.4, 0.5) is 5.69 Å². The van der Waals surface area contributed by atoms with Gasteiger partial charge in [-0.25, -0.2) is 0 Å². The predicted octanol–water partition coefficient (Wildman–Crippen LogP) is 3.27. The normalized spacial score (nSPS) is 17.3. The van der Waals surface area contributed by atoms with Gasteiger partial charge in [0.1, 0.15) is 0 Å². The zero-order valence-corrected chi connectivity index (χ0v) is 15.4. The number of aromatic nitrogens is 1. The van der Waals surface area contributed by atoms with Crippen molar-refractivity contribution in [1.82, 2.24) is 9.88 Å². The van der Waals surface area contributed by atoms with Crippen LogP contribution in [0.25, 0.3) is 10.9 Å². The van der Waals surface area contributed by atoms with Crippen LogP contribution in [-0.2, 0) is 0 Å². The highest BCUT2D eigenvalue weighted by molar-refractivity contribution is 6.06. The van der Waals surface area contributed by atoms with Crippen LogP contribution in [0.5, 0.6) is 0 Å². The smallest absolute Gasteiger partial charge is 0.255 e. The van der Waals surface area contributed by atoms with Crippen molar-refractivity contribution in [3.63, 3.8) is 0 Å². The van der Waals surface area contributed by atoms with Gasteiger partial charge in [-0.2, -0.15) is 0 Å². The third-order valence-corrected chi connectivity index (χ3v) is 5.32. The molecular formula is C22H23N3O2. The number of pyridine rings is 1. The van der Waals surface area contributed by atoms with Gasteiger partial charge in [-0.3, -0.25) is 9.59 Å². The number of benzene rings is 2. The van der Waals surface area contributed by atoms with Crippen LogP contribution >= 0.6 is 0 Å². The topological polar surface area (TPSA) is 56.4 Å². The molecule has 0 bridgehead atoms. The lowest BCUT2D eigenvalue weighted by atomic mass is 10.0. The van der Waals surface area contributed by atoms with Gasteiger partial charge in [-0.05, 0) is 24.6 Å². The zero-order valence-electron chi connectivity index (χ0n) is 15.4. The average Bonchev–Trinajstić information content (AvgIpc) is 2.72. The lowest BCUT2D eigenvalue weighted by Gasteiger charge is -2.42. The van der Waals surface area contributed by atoms with Crippen LogP contribution in [0.2, 0.25) is 0 Å². The largest absolute Gasteiger partial charge is 0.368 e. The van der Waals surface area contributed by atoms with Gasteiger partial charge in [0.2, 0.25) is 5.56 Å². The van der Waals surface area contributed by atoms with E-state index in [0.717, 1.165) is 24.9 Å². The molecule has 1 N–H and O–H groups in total. The highest BCUT2D eigenvalue weighted by atomic mass is 16.2. The Bertz CT molecular complexity index is 1010. The van der Waals surface area contributed by atoms with E-state index < -0.39 is 0 Å². The number of anilines is 1. The van der Waals surface area contributed by atoms with E-state index in [1.54, 1.807) is 0 Å². The summed E-state index contributed by atoms with van der Waals surface area (Å²) in [5, 5.41) is 0.794. The van der Waals surface area contributed by atoms with Crippen molar-refractivity contribution >= 4 is 22.5 Å². The molecule has 1 unspecified atom stereocenters. The number of fused-ring (bicyclic) bond motifs is 1. The van der Waals surface area contributed by atoms with Gasteiger partial charge in [-0.15, -0.1) is 0 Å². The molecule has 5 heteroatoms. The maximum atomic E-state index is 13.3. The van der Waals surface area contributed by atoms with Crippen molar-refractivity contribution in [2.45, 2.75) is 19.4 Å². The number of rotatable bonds is 3. The first kappa shape index (κ1) is 17.3. The van der Waals surface area contributed by atoms with Crippen molar-refractivity contribution < 1.29 is 4.79 Å². The first-order valence-corrected chi connectivity index (χ1v) is 9.40. The number of para-hydroxylation sites is 2. The van der Waals surface area contributed by atoms with Crippen LogP contribution in [0.1, 0.15) is 23.7 Å². The average molecular weight is 361 g/mol. The van der Waals surface area contributed by atoms with Gasteiger partial charge in [0.25, 0.3) is 5.91 Å². The molecule has 0 saturated carbocycles. The maximum Gasteiger partial charge on any atom is 0.255 e. The Hall–Kier alpha value is -3.08. The number of piperazine rings is 1. The molecule has 138 valence electrons. The quantitative estimate of drug-likeness (QED) is 0.779. The molecule has 0 radical (unpaired) electrons. The van der Waals surface area contributed by atoms with Crippen LogP contribution in [-0.4, -0.2) is 41.5 Å². The minimum atomic E-state index is -0.243. The molecule has 1 atom stereocenters. The molecule has 3 aromatic rings. The van der Waals surface area contributed by atoms with Crippen LogP contribution in [0.3, 0.4) is 0 Å². The highest BCUT2D eigenvalue weighted by Crippen LogP contribution is 2.23. The predicted molar refractivity (Wildman–Crippen MR) is 108 cm³/mol.